The predicted molar refractivity (Wildman–Crippen MR) is 275 cm³/mol. The highest BCUT2D eigenvalue weighted by Crippen LogP contribution is 2.18. The smallest absolute Gasteiger partial charge is 0.306 e. The average molecular weight is 906 g/mol. The number of rotatable bonds is 54. The first-order chi connectivity index (χ1) is 31.5. The van der Waals surface area contributed by atoms with E-state index in [1.54, 1.807) is 0 Å². The summed E-state index contributed by atoms with van der Waals surface area (Å²) in [6.45, 7) is 6.70. The molecule has 0 fully saturated rings. The highest BCUT2D eigenvalue weighted by Gasteiger charge is 2.19. The van der Waals surface area contributed by atoms with Gasteiger partial charge in [0.25, 0.3) is 0 Å². The van der Waals surface area contributed by atoms with Crippen LogP contribution >= 0.6 is 0 Å². The van der Waals surface area contributed by atoms with Crippen molar-refractivity contribution >= 4 is 17.9 Å². The number of carbonyl (C=O) groups excluding carboxylic acids is 3. The van der Waals surface area contributed by atoms with Crippen molar-refractivity contribution in [2.75, 3.05) is 13.2 Å². The SMILES string of the molecule is CCCCCCCCCCCCCCCCCCCC(=O)OCC(COC(=O)CCCCCCCCCCCCCCCCCCC)OC(=O)CCCCCCCCCCCCCC. The lowest BCUT2D eigenvalue weighted by Gasteiger charge is -2.18. The second-order valence-corrected chi connectivity index (χ2v) is 19.9. The largest absolute Gasteiger partial charge is 0.462 e. The van der Waals surface area contributed by atoms with Crippen LogP contribution in [0.4, 0.5) is 0 Å². The molecule has 0 aromatic carbocycles. The second kappa shape index (κ2) is 54.0. The average Bonchev–Trinajstić information content (AvgIpc) is 3.29. The fourth-order valence-corrected chi connectivity index (χ4v) is 8.98. The molecule has 0 aliphatic rings. The molecule has 64 heavy (non-hydrogen) atoms. The number of carbonyl (C=O) groups is 3. The zero-order valence-corrected chi connectivity index (χ0v) is 43.6. The molecule has 0 heterocycles. The molecule has 0 rings (SSSR count). The molecule has 0 saturated carbocycles. The summed E-state index contributed by atoms with van der Waals surface area (Å²) in [5, 5.41) is 0. The summed E-state index contributed by atoms with van der Waals surface area (Å²) in [5.74, 6) is -0.832. The summed E-state index contributed by atoms with van der Waals surface area (Å²) in [7, 11) is 0. The van der Waals surface area contributed by atoms with Crippen LogP contribution in [0.3, 0.4) is 0 Å². The van der Waals surface area contributed by atoms with Gasteiger partial charge in [0.15, 0.2) is 6.10 Å². The molecule has 0 spiro atoms. The van der Waals surface area contributed by atoms with Crippen LogP contribution in [-0.4, -0.2) is 37.2 Å². The molecule has 6 heteroatoms. The van der Waals surface area contributed by atoms with E-state index in [0.29, 0.717) is 19.3 Å². The van der Waals surface area contributed by atoms with E-state index in [-0.39, 0.29) is 31.1 Å². The van der Waals surface area contributed by atoms with Crippen LogP contribution in [-0.2, 0) is 28.6 Å². The van der Waals surface area contributed by atoms with Crippen LogP contribution in [0.1, 0.15) is 335 Å². The van der Waals surface area contributed by atoms with Crippen LogP contribution in [0.25, 0.3) is 0 Å². The molecule has 0 radical (unpaired) electrons. The Hall–Kier alpha value is -1.59. The third kappa shape index (κ3) is 51.4. The van der Waals surface area contributed by atoms with E-state index >= 15 is 0 Å². The van der Waals surface area contributed by atoms with Gasteiger partial charge in [-0.3, -0.25) is 14.4 Å². The Balaban J connectivity index is 4.25. The van der Waals surface area contributed by atoms with Gasteiger partial charge in [-0.1, -0.05) is 297 Å². The lowest BCUT2D eigenvalue weighted by molar-refractivity contribution is -0.167. The minimum absolute atomic E-state index is 0.0611. The monoisotopic (exact) mass is 905 g/mol. The van der Waals surface area contributed by atoms with Gasteiger partial charge in [0, 0.05) is 19.3 Å². The van der Waals surface area contributed by atoms with E-state index in [1.807, 2.05) is 0 Å². The van der Waals surface area contributed by atoms with Crippen molar-refractivity contribution in [2.24, 2.45) is 0 Å². The maximum atomic E-state index is 12.8. The minimum Gasteiger partial charge on any atom is -0.462 e. The molecule has 6 nitrogen and oxygen atoms in total. The van der Waals surface area contributed by atoms with E-state index in [4.69, 9.17) is 14.2 Å². The molecule has 0 saturated heterocycles. The number of unbranched alkanes of at least 4 members (excludes halogenated alkanes) is 43. The van der Waals surface area contributed by atoms with Gasteiger partial charge < -0.3 is 14.2 Å². The Morgan fingerprint density at radius 2 is 0.422 bits per heavy atom. The Morgan fingerprint density at radius 3 is 0.625 bits per heavy atom. The summed E-state index contributed by atoms with van der Waals surface area (Å²) in [6, 6.07) is 0. The van der Waals surface area contributed by atoms with E-state index in [9.17, 15) is 14.4 Å². The summed E-state index contributed by atoms with van der Waals surface area (Å²) in [6.07, 6.45) is 59.5. The highest BCUT2D eigenvalue weighted by molar-refractivity contribution is 5.71. The summed E-state index contributed by atoms with van der Waals surface area (Å²) >= 11 is 0. The van der Waals surface area contributed by atoms with Crippen molar-refractivity contribution < 1.29 is 28.6 Å². The minimum atomic E-state index is -0.760. The summed E-state index contributed by atoms with van der Waals surface area (Å²) in [5.41, 5.74) is 0. The second-order valence-electron chi connectivity index (χ2n) is 19.9. The van der Waals surface area contributed by atoms with Crippen LogP contribution in [0.2, 0.25) is 0 Å². The van der Waals surface area contributed by atoms with Gasteiger partial charge in [-0.05, 0) is 19.3 Å². The number of ether oxygens (including phenoxy) is 3. The van der Waals surface area contributed by atoms with Crippen LogP contribution < -0.4 is 0 Å². The number of hydrogen-bond donors (Lipinski definition) is 0. The van der Waals surface area contributed by atoms with Crippen LogP contribution in [0.15, 0.2) is 0 Å². The van der Waals surface area contributed by atoms with Gasteiger partial charge in [-0.25, -0.2) is 0 Å². The van der Waals surface area contributed by atoms with Gasteiger partial charge >= 0.3 is 17.9 Å². The fraction of sp³-hybridized carbons (Fsp3) is 0.948. The molecule has 0 atom stereocenters. The molecule has 0 aliphatic heterocycles. The zero-order chi connectivity index (χ0) is 46.5. The quantitative estimate of drug-likeness (QED) is 0.0344. The third-order valence-corrected chi connectivity index (χ3v) is 13.4. The molecule has 0 aliphatic carbocycles. The Morgan fingerprint density at radius 1 is 0.250 bits per heavy atom. The predicted octanol–water partition coefficient (Wildman–Crippen LogP) is 19.2. The third-order valence-electron chi connectivity index (χ3n) is 13.4. The lowest BCUT2D eigenvalue weighted by atomic mass is 10.0. The maximum absolute atomic E-state index is 12.8. The number of hydrogen-bond acceptors (Lipinski definition) is 6. The van der Waals surface area contributed by atoms with E-state index in [0.717, 1.165) is 57.8 Å². The van der Waals surface area contributed by atoms with Gasteiger partial charge in [0.1, 0.15) is 13.2 Å². The van der Waals surface area contributed by atoms with Gasteiger partial charge in [0.05, 0.1) is 0 Å². The molecule has 0 aromatic rings. The van der Waals surface area contributed by atoms with Crippen molar-refractivity contribution in [3.05, 3.63) is 0 Å². The van der Waals surface area contributed by atoms with Crippen molar-refractivity contribution in [1.82, 2.24) is 0 Å². The molecule has 380 valence electrons. The topological polar surface area (TPSA) is 78.9 Å². The number of esters is 3. The lowest BCUT2D eigenvalue weighted by Crippen LogP contribution is -2.30. The zero-order valence-electron chi connectivity index (χ0n) is 43.6. The van der Waals surface area contributed by atoms with Crippen molar-refractivity contribution in [3.63, 3.8) is 0 Å². The highest BCUT2D eigenvalue weighted by atomic mass is 16.6. The standard InChI is InChI=1S/C58H112O6/c1-4-7-10-13-16-19-22-25-27-29-31-33-36-38-41-44-47-50-56(59)62-53-55(64-58(61)52-49-46-43-40-35-24-21-18-15-12-9-6-3)54-63-57(60)51-48-45-42-39-37-34-32-30-28-26-23-20-17-14-11-8-5-2/h55H,4-54H2,1-3H3. The molecular formula is C58H112O6. The first kappa shape index (κ1) is 62.4. The summed E-state index contributed by atoms with van der Waals surface area (Å²) in [4.78, 5) is 38.1. The molecule has 0 N–H and O–H groups in total. The molecule has 0 aromatic heterocycles. The summed E-state index contributed by atoms with van der Waals surface area (Å²) < 4.78 is 16.9. The van der Waals surface area contributed by atoms with Gasteiger partial charge in [0.2, 0.25) is 0 Å². The van der Waals surface area contributed by atoms with Crippen LogP contribution in [0.5, 0.6) is 0 Å². The Labute approximate surface area is 399 Å². The normalized spacial score (nSPS) is 11.4. The Kier molecular flexibility index (Phi) is 52.7. The van der Waals surface area contributed by atoms with Crippen molar-refractivity contribution in [3.8, 4) is 0 Å². The van der Waals surface area contributed by atoms with E-state index in [1.165, 1.54) is 238 Å². The van der Waals surface area contributed by atoms with Crippen molar-refractivity contribution in [1.29, 1.82) is 0 Å². The van der Waals surface area contributed by atoms with Crippen LogP contribution in [0, 0.1) is 0 Å². The Bertz CT molecular complexity index is 897. The van der Waals surface area contributed by atoms with Crippen molar-refractivity contribution in [2.45, 2.75) is 341 Å². The first-order valence-corrected chi connectivity index (χ1v) is 29.0. The molecule has 0 unspecified atom stereocenters. The molecule has 0 amide bonds. The fourth-order valence-electron chi connectivity index (χ4n) is 8.98. The van der Waals surface area contributed by atoms with E-state index in [2.05, 4.69) is 20.8 Å². The molecule has 0 bridgehead atoms. The molecular weight excluding hydrogens is 793 g/mol. The van der Waals surface area contributed by atoms with E-state index < -0.39 is 6.10 Å². The maximum Gasteiger partial charge on any atom is 0.306 e. The first-order valence-electron chi connectivity index (χ1n) is 29.0. The van der Waals surface area contributed by atoms with Gasteiger partial charge in [-0.15, -0.1) is 0 Å². The van der Waals surface area contributed by atoms with Gasteiger partial charge in [-0.2, -0.15) is 0 Å².